The molecule has 16 rings (SSSR count). The van der Waals surface area contributed by atoms with E-state index < -0.39 is 0 Å². The van der Waals surface area contributed by atoms with E-state index in [-0.39, 0.29) is 65.2 Å². The molecule has 2 N–H and O–H groups in total. The van der Waals surface area contributed by atoms with E-state index in [1.54, 1.807) is 0 Å². The number of aromatic nitrogens is 2. The molecule has 6 heteroatoms. The molecular weight excluding hydrogens is 907 g/mol. The number of carbonyl (C=O) groups is 2. The highest BCUT2D eigenvalue weighted by molar-refractivity contribution is 6.08. The minimum Gasteiger partial charge on any atom is -0.453 e. The van der Waals surface area contributed by atoms with Crippen LogP contribution in [0.2, 0.25) is 0 Å². The molecule has 74 heavy (non-hydrogen) atoms. The van der Waals surface area contributed by atoms with E-state index >= 15 is 9.59 Å². The second kappa shape index (κ2) is 16.4. The number of H-pyrrole nitrogens is 2. The van der Waals surface area contributed by atoms with Crippen molar-refractivity contribution in [1.82, 2.24) is 9.97 Å². The number of carbonyl (C=O) groups excluding carboxylic acids is 2. The maximum absolute atomic E-state index is 16.1. The highest BCUT2D eigenvalue weighted by Gasteiger charge is 2.65. The zero-order chi connectivity index (χ0) is 48.8. The van der Waals surface area contributed by atoms with Crippen LogP contribution in [-0.4, -0.2) is 27.6 Å². The highest BCUT2D eigenvalue weighted by Crippen LogP contribution is 2.66. The molecule has 362 valence electrons. The van der Waals surface area contributed by atoms with Crippen molar-refractivity contribution in [2.45, 2.75) is 62.8 Å². The number of ether oxygens (including phenoxy) is 1. The highest BCUT2D eigenvalue weighted by atomic mass is 16.5. The van der Waals surface area contributed by atoms with Gasteiger partial charge < -0.3 is 19.6 Å². The molecule has 10 aromatic rings. The molecule has 5 saturated carbocycles. The number of nitrogens with one attached hydrogen (secondary N) is 2. The molecule has 0 radical (unpaired) electrons. The Kier molecular flexibility index (Phi) is 9.48. The van der Waals surface area contributed by atoms with Crippen molar-refractivity contribution in [2.75, 3.05) is 4.90 Å². The fourth-order valence-electron chi connectivity index (χ4n) is 16.7. The first kappa shape index (κ1) is 42.8. The van der Waals surface area contributed by atoms with Crippen LogP contribution in [0.5, 0.6) is 11.5 Å². The van der Waals surface area contributed by atoms with Gasteiger partial charge in [0.05, 0.1) is 11.4 Å². The number of nitrogens with zero attached hydrogens (tertiary/aromatic N) is 1. The van der Waals surface area contributed by atoms with Crippen molar-refractivity contribution in [2.24, 2.45) is 47.3 Å². The fourth-order valence-corrected chi connectivity index (χ4v) is 16.7. The average molecular weight is 964 g/mol. The molecule has 6 aliphatic rings. The van der Waals surface area contributed by atoms with Gasteiger partial charge in [0.2, 0.25) is 0 Å². The maximum Gasteiger partial charge on any atom is 0.151 e. The van der Waals surface area contributed by atoms with Crippen molar-refractivity contribution in [3.63, 3.8) is 0 Å². The lowest BCUT2D eigenvalue weighted by Crippen LogP contribution is -2.47. The molecule has 6 nitrogen and oxygen atoms in total. The van der Waals surface area contributed by atoms with Gasteiger partial charge in [-0.15, -0.1) is 0 Å². The molecule has 3 heterocycles. The number of Topliss-reactive ketones (excluding diaryl/α,β-unsaturated/α-hetero) is 2. The summed E-state index contributed by atoms with van der Waals surface area (Å²) in [5.41, 5.74) is 14.0. The third-order valence-corrected chi connectivity index (χ3v) is 19.6. The van der Waals surface area contributed by atoms with E-state index in [0.717, 1.165) is 112 Å². The number of para-hydroxylation sites is 2. The van der Waals surface area contributed by atoms with Crippen LogP contribution in [-0.2, 0) is 9.59 Å². The minimum absolute atomic E-state index is 0.0279. The molecule has 11 unspecified atom stereocenters. The normalized spacial score (nSPS) is 27.9. The average Bonchev–Trinajstić information content (AvgIpc) is 4.19. The molecule has 5 aliphatic carbocycles. The quantitative estimate of drug-likeness (QED) is 0.180. The summed E-state index contributed by atoms with van der Waals surface area (Å²) in [7, 11) is 0. The van der Waals surface area contributed by atoms with Crippen LogP contribution in [0.3, 0.4) is 0 Å². The number of benzene rings is 8. The molecule has 0 spiro atoms. The third kappa shape index (κ3) is 6.36. The maximum atomic E-state index is 16.1. The SMILES string of the molecule is O=C1C2CC3C(CC2C2C1CCCC2N1c2cc(-c4ccccc4)ccc2Oc2ccc(-c4ccccc4)cc21)C(=O)C1C(c2ccc4[nH]c5ccccc5c4c2)CCC(c2ccc4[nH]c5ccccc5c4c2)C31. The van der Waals surface area contributed by atoms with Crippen molar-refractivity contribution in [1.29, 1.82) is 0 Å². The molecule has 1 aliphatic heterocycles. The topological polar surface area (TPSA) is 78.2 Å². The Morgan fingerprint density at radius 3 is 1.53 bits per heavy atom. The first-order chi connectivity index (χ1) is 36.5. The molecule has 0 bridgehead atoms. The molecule has 2 aromatic heterocycles. The van der Waals surface area contributed by atoms with E-state index in [2.05, 4.69) is 197 Å². The lowest BCUT2D eigenvalue weighted by atomic mass is 9.59. The van der Waals surface area contributed by atoms with Crippen LogP contribution in [0, 0.1) is 47.3 Å². The predicted molar refractivity (Wildman–Crippen MR) is 297 cm³/mol. The van der Waals surface area contributed by atoms with Crippen molar-refractivity contribution in [3.05, 3.63) is 193 Å². The standard InChI is InChI=1S/C68H57N3O3/c72-67-48-18-11-21-59(71-60-34-40(38-12-3-1-4-13-38)24-30-62(60)74-63-31-25-41(35-61(63)71)39-14-5-2-6-15-39)64(48)51-36-54-52(37-53(51)67)65-44(42-22-28-57-49(32-42)46-16-7-9-19-55(46)69-57)26-27-45(66(65)68(54)73)43-23-29-58-50(33-43)47-17-8-10-20-56(47)70-58/h1-10,12-17,19-20,22-25,28-35,44-45,48,51-54,59,64-66,69-70H,11,18,21,26-27,36-37H2. The van der Waals surface area contributed by atoms with E-state index in [4.69, 9.17) is 4.74 Å². The number of hydrogen-bond acceptors (Lipinski definition) is 4. The van der Waals surface area contributed by atoms with Crippen LogP contribution in [0.25, 0.3) is 65.9 Å². The van der Waals surface area contributed by atoms with E-state index in [9.17, 15) is 0 Å². The lowest BCUT2D eigenvalue weighted by Gasteiger charge is -2.48. The van der Waals surface area contributed by atoms with Crippen molar-refractivity contribution < 1.29 is 14.3 Å². The van der Waals surface area contributed by atoms with Crippen molar-refractivity contribution in [3.8, 4) is 33.8 Å². The second-order valence-electron chi connectivity index (χ2n) is 22.9. The number of hydrogen-bond donors (Lipinski definition) is 2. The number of rotatable bonds is 5. The number of anilines is 2. The van der Waals surface area contributed by atoms with Gasteiger partial charge in [0, 0.05) is 73.3 Å². The van der Waals surface area contributed by atoms with E-state index in [1.807, 2.05) is 0 Å². The minimum atomic E-state index is -0.109. The summed E-state index contributed by atoms with van der Waals surface area (Å²) in [6, 6.07) is 65.9. The predicted octanol–water partition coefficient (Wildman–Crippen LogP) is 16.3. The van der Waals surface area contributed by atoms with Crippen LogP contribution >= 0.6 is 0 Å². The summed E-state index contributed by atoms with van der Waals surface area (Å²) < 4.78 is 6.86. The summed E-state index contributed by atoms with van der Waals surface area (Å²) in [5.74, 6) is 3.29. The largest absolute Gasteiger partial charge is 0.453 e. The van der Waals surface area contributed by atoms with E-state index in [1.165, 1.54) is 32.7 Å². The monoisotopic (exact) mass is 963 g/mol. The smallest absolute Gasteiger partial charge is 0.151 e. The third-order valence-electron chi connectivity index (χ3n) is 19.6. The summed E-state index contributed by atoms with van der Waals surface area (Å²) >= 11 is 0. The van der Waals surface area contributed by atoms with Gasteiger partial charge in [-0.25, -0.2) is 0 Å². The van der Waals surface area contributed by atoms with Crippen molar-refractivity contribution >= 4 is 66.6 Å². The van der Waals surface area contributed by atoms with Gasteiger partial charge in [-0.1, -0.05) is 128 Å². The number of fused-ring (bicyclic) bond motifs is 14. The Hall–Kier alpha value is -7.70. The zero-order valence-electron chi connectivity index (χ0n) is 41.3. The van der Waals surface area contributed by atoms with Crippen LogP contribution < -0.4 is 9.64 Å². The van der Waals surface area contributed by atoms with Gasteiger partial charge in [0.15, 0.2) is 11.5 Å². The summed E-state index contributed by atoms with van der Waals surface area (Å²) in [6.45, 7) is 0. The second-order valence-corrected chi connectivity index (χ2v) is 22.9. The molecule has 8 aromatic carbocycles. The molecular formula is C68H57N3O3. The zero-order valence-corrected chi connectivity index (χ0v) is 41.3. The van der Waals surface area contributed by atoms with E-state index in [0.29, 0.717) is 11.6 Å². The van der Waals surface area contributed by atoms with Gasteiger partial charge in [-0.05, 0) is 168 Å². The Morgan fingerprint density at radius 2 is 0.919 bits per heavy atom. The summed E-state index contributed by atoms with van der Waals surface area (Å²) in [5, 5.41) is 4.96. The molecule has 0 saturated heterocycles. The van der Waals surface area contributed by atoms with Gasteiger partial charge in [-0.3, -0.25) is 9.59 Å². The summed E-state index contributed by atoms with van der Waals surface area (Å²) in [4.78, 5) is 41.5. The van der Waals surface area contributed by atoms with Crippen LogP contribution in [0.4, 0.5) is 11.4 Å². The Morgan fingerprint density at radius 1 is 0.405 bits per heavy atom. The number of ketones is 2. The van der Waals surface area contributed by atoms with Gasteiger partial charge >= 0.3 is 0 Å². The Balaban J connectivity index is 0.809. The van der Waals surface area contributed by atoms with Crippen LogP contribution in [0.15, 0.2) is 182 Å². The Bertz CT molecular complexity index is 3820. The fraction of sp³-hybridized carbons (Fsp3) is 0.265. The lowest BCUT2D eigenvalue weighted by molar-refractivity contribution is -0.129. The summed E-state index contributed by atoms with van der Waals surface area (Å²) in [6.07, 6.45) is 6.48. The van der Waals surface area contributed by atoms with Crippen LogP contribution in [0.1, 0.15) is 67.9 Å². The van der Waals surface area contributed by atoms with Gasteiger partial charge in [0.25, 0.3) is 0 Å². The Labute approximate surface area is 430 Å². The molecule has 0 amide bonds. The molecule has 5 fully saturated rings. The first-order valence-corrected chi connectivity index (χ1v) is 27.4. The first-order valence-electron chi connectivity index (χ1n) is 27.4. The number of aromatic amines is 2. The van der Waals surface area contributed by atoms with Gasteiger partial charge in [0.1, 0.15) is 11.6 Å². The van der Waals surface area contributed by atoms with Gasteiger partial charge in [-0.2, -0.15) is 0 Å². The molecule has 11 atom stereocenters.